The highest BCUT2D eigenvalue weighted by Gasteiger charge is 2.34. The van der Waals surface area contributed by atoms with Gasteiger partial charge in [-0.2, -0.15) is 0 Å². The average molecular weight is 289 g/mol. The molecular weight excluding hydrogens is 270 g/mol. The van der Waals surface area contributed by atoms with Gasteiger partial charge in [0.15, 0.2) is 0 Å². The second-order valence-electron chi connectivity index (χ2n) is 5.96. The number of carboxylic acid groups (broad SMARTS) is 1. The van der Waals surface area contributed by atoms with Gasteiger partial charge in [0.05, 0.1) is 11.9 Å². The first-order valence-electron chi connectivity index (χ1n) is 7.35. The van der Waals surface area contributed by atoms with Crippen LogP contribution >= 0.6 is 0 Å². The van der Waals surface area contributed by atoms with Gasteiger partial charge in [0.25, 0.3) is 0 Å². The van der Waals surface area contributed by atoms with E-state index in [0.29, 0.717) is 30.1 Å². The molecule has 0 aliphatic carbocycles. The van der Waals surface area contributed by atoms with Crippen molar-refractivity contribution >= 4 is 17.6 Å². The highest BCUT2D eigenvalue weighted by molar-refractivity contribution is 5.91. The molecule has 2 aliphatic rings. The molecule has 2 atom stereocenters. The van der Waals surface area contributed by atoms with Crippen LogP contribution in [0.15, 0.2) is 18.3 Å². The minimum Gasteiger partial charge on any atom is -0.477 e. The summed E-state index contributed by atoms with van der Waals surface area (Å²) >= 11 is 0. The first kappa shape index (κ1) is 14.0. The van der Waals surface area contributed by atoms with E-state index >= 15 is 0 Å². The molecule has 0 spiro atoms. The van der Waals surface area contributed by atoms with E-state index in [9.17, 15) is 9.59 Å². The Bertz CT molecular complexity index is 532. The van der Waals surface area contributed by atoms with E-state index in [1.165, 1.54) is 25.1 Å². The van der Waals surface area contributed by atoms with E-state index in [4.69, 9.17) is 5.11 Å². The third kappa shape index (κ3) is 3.39. The maximum atomic E-state index is 12.1. The van der Waals surface area contributed by atoms with Crippen LogP contribution in [0.3, 0.4) is 0 Å². The molecule has 2 saturated heterocycles. The van der Waals surface area contributed by atoms with Crippen LogP contribution in [0.25, 0.3) is 0 Å². The molecular formula is C15H19N3O3. The molecule has 3 heterocycles. The van der Waals surface area contributed by atoms with Gasteiger partial charge in [-0.3, -0.25) is 4.79 Å². The van der Waals surface area contributed by atoms with Gasteiger partial charge >= 0.3 is 5.97 Å². The monoisotopic (exact) mass is 289 g/mol. The maximum absolute atomic E-state index is 12.1. The maximum Gasteiger partial charge on any atom is 0.354 e. The molecule has 6 heteroatoms. The molecule has 2 unspecified atom stereocenters. The van der Waals surface area contributed by atoms with E-state index in [2.05, 4.69) is 15.6 Å². The van der Waals surface area contributed by atoms with Gasteiger partial charge in [-0.15, -0.1) is 0 Å². The topological polar surface area (TPSA) is 91.3 Å². The Labute approximate surface area is 123 Å². The average Bonchev–Trinajstić information content (AvgIpc) is 2.78. The Hall–Kier alpha value is -1.95. The van der Waals surface area contributed by atoms with Crippen LogP contribution < -0.4 is 10.6 Å². The molecule has 3 rings (SSSR count). The van der Waals surface area contributed by atoms with Crippen LogP contribution in [0.1, 0.15) is 42.6 Å². The Balaban J connectivity index is 1.53. The first-order valence-corrected chi connectivity index (χ1v) is 7.35. The molecule has 0 radical (unpaired) electrons. The summed E-state index contributed by atoms with van der Waals surface area (Å²) in [5, 5.41) is 15.1. The number of amides is 1. The van der Waals surface area contributed by atoms with E-state index < -0.39 is 5.97 Å². The number of aromatic carboxylic acids is 1. The predicted molar refractivity (Wildman–Crippen MR) is 77.1 cm³/mol. The molecule has 1 aromatic rings. The molecule has 2 bridgehead atoms. The SMILES string of the molecule is O=C(CC1CC2CCC(C1)N2)Nc1ccc(C(=O)O)nc1. The normalized spacial score (nSPS) is 27.3. The molecule has 112 valence electrons. The van der Waals surface area contributed by atoms with Crippen LogP contribution in [-0.2, 0) is 4.79 Å². The van der Waals surface area contributed by atoms with Gasteiger partial charge < -0.3 is 15.7 Å². The Morgan fingerprint density at radius 2 is 2.00 bits per heavy atom. The van der Waals surface area contributed by atoms with Crippen molar-refractivity contribution in [1.29, 1.82) is 0 Å². The smallest absolute Gasteiger partial charge is 0.354 e. The largest absolute Gasteiger partial charge is 0.477 e. The van der Waals surface area contributed by atoms with Crippen molar-refractivity contribution in [1.82, 2.24) is 10.3 Å². The summed E-state index contributed by atoms with van der Waals surface area (Å²) in [7, 11) is 0. The number of anilines is 1. The van der Waals surface area contributed by atoms with E-state index in [0.717, 1.165) is 12.8 Å². The molecule has 0 aromatic carbocycles. The number of aromatic nitrogens is 1. The number of piperidine rings is 1. The molecule has 0 saturated carbocycles. The van der Waals surface area contributed by atoms with Crippen molar-refractivity contribution in [3.05, 3.63) is 24.0 Å². The molecule has 3 N–H and O–H groups in total. The molecule has 2 aliphatic heterocycles. The lowest BCUT2D eigenvalue weighted by Crippen LogP contribution is -2.39. The summed E-state index contributed by atoms with van der Waals surface area (Å²) < 4.78 is 0. The van der Waals surface area contributed by atoms with E-state index in [-0.39, 0.29) is 11.6 Å². The predicted octanol–water partition coefficient (Wildman–Crippen LogP) is 1.64. The number of fused-ring (bicyclic) bond motifs is 2. The molecule has 1 aromatic heterocycles. The van der Waals surface area contributed by atoms with Gasteiger partial charge in [0.1, 0.15) is 5.69 Å². The first-order chi connectivity index (χ1) is 10.1. The minimum absolute atomic E-state index is 0.0221. The number of nitrogens with zero attached hydrogens (tertiary/aromatic N) is 1. The fraction of sp³-hybridized carbons (Fsp3) is 0.533. The number of carbonyl (C=O) groups excluding carboxylic acids is 1. The summed E-state index contributed by atoms with van der Waals surface area (Å²) in [6, 6.07) is 4.12. The number of hydrogen-bond donors (Lipinski definition) is 3. The minimum atomic E-state index is -1.07. The molecule has 2 fully saturated rings. The number of carbonyl (C=O) groups is 2. The zero-order valence-electron chi connectivity index (χ0n) is 11.7. The fourth-order valence-corrected chi connectivity index (χ4v) is 3.41. The van der Waals surface area contributed by atoms with Crippen LogP contribution in [0, 0.1) is 5.92 Å². The number of pyridine rings is 1. The van der Waals surface area contributed by atoms with E-state index in [1.54, 1.807) is 6.07 Å². The van der Waals surface area contributed by atoms with Crippen molar-refractivity contribution in [2.75, 3.05) is 5.32 Å². The highest BCUT2D eigenvalue weighted by Crippen LogP contribution is 2.32. The van der Waals surface area contributed by atoms with Crippen molar-refractivity contribution in [2.45, 2.75) is 44.2 Å². The van der Waals surface area contributed by atoms with Crippen LogP contribution in [0.5, 0.6) is 0 Å². The number of carboxylic acids is 1. The lowest BCUT2D eigenvalue weighted by molar-refractivity contribution is -0.117. The highest BCUT2D eigenvalue weighted by atomic mass is 16.4. The summed E-state index contributed by atoms with van der Waals surface area (Å²) in [6.07, 6.45) is 6.50. The van der Waals surface area contributed by atoms with Crippen LogP contribution in [0.2, 0.25) is 0 Å². The third-order valence-electron chi connectivity index (χ3n) is 4.31. The lowest BCUT2D eigenvalue weighted by atomic mass is 9.89. The van der Waals surface area contributed by atoms with Gasteiger partial charge in [0, 0.05) is 18.5 Å². The van der Waals surface area contributed by atoms with Gasteiger partial charge in [-0.25, -0.2) is 9.78 Å². The molecule has 21 heavy (non-hydrogen) atoms. The number of nitrogens with one attached hydrogen (secondary N) is 2. The summed E-state index contributed by atoms with van der Waals surface area (Å²) in [5.41, 5.74) is 0.518. The fourth-order valence-electron chi connectivity index (χ4n) is 3.41. The summed E-state index contributed by atoms with van der Waals surface area (Å²) in [5.74, 6) is -0.653. The quantitative estimate of drug-likeness (QED) is 0.783. The Morgan fingerprint density at radius 1 is 1.29 bits per heavy atom. The lowest BCUT2D eigenvalue weighted by Gasteiger charge is -2.28. The van der Waals surface area contributed by atoms with E-state index in [1.807, 2.05) is 0 Å². The van der Waals surface area contributed by atoms with Gasteiger partial charge in [0.2, 0.25) is 5.91 Å². The second kappa shape index (κ2) is 5.81. The zero-order valence-corrected chi connectivity index (χ0v) is 11.7. The standard InChI is InChI=1S/C15H19N3O3/c19-14(7-9-5-10-1-2-11(6-9)17-10)18-12-3-4-13(15(20)21)16-8-12/h3-4,8-11,17H,1-2,5-7H2,(H,18,19)(H,20,21). The van der Waals surface area contributed by atoms with Gasteiger partial charge in [-0.05, 0) is 43.7 Å². The van der Waals surface area contributed by atoms with Crippen molar-refractivity contribution < 1.29 is 14.7 Å². The molecule has 1 amide bonds. The van der Waals surface area contributed by atoms with Crippen LogP contribution in [-0.4, -0.2) is 34.1 Å². The summed E-state index contributed by atoms with van der Waals surface area (Å²) in [6.45, 7) is 0. The van der Waals surface area contributed by atoms with Crippen molar-refractivity contribution in [3.63, 3.8) is 0 Å². The van der Waals surface area contributed by atoms with Gasteiger partial charge in [-0.1, -0.05) is 0 Å². The number of rotatable bonds is 4. The van der Waals surface area contributed by atoms with Crippen molar-refractivity contribution in [3.8, 4) is 0 Å². The third-order valence-corrected chi connectivity index (χ3v) is 4.31. The Kier molecular flexibility index (Phi) is 3.88. The second-order valence-corrected chi connectivity index (χ2v) is 5.96. The molecule has 6 nitrogen and oxygen atoms in total. The zero-order chi connectivity index (χ0) is 14.8. The summed E-state index contributed by atoms with van der Waals surface area (Å²) in [4.78, 5) is 26.6. The van der Waals surface area contributed by atoms with Crippen molar-refractivity contribution in [2.24, 2.45) is 5.92 Å². The Morgan fingerprint density at radius 3 is 2.57 bits per heavy atom. The van der Waals surface area contributed by atoms with Crippen LogP contribution in [0.4, 0.5) is 5.69 Å². The number of hydrogen-bond acceptors (Lipinski definition) is 4.